The molecule has 0 aliphatic carbocycles. The van der Waals surface area contributed by atoms with Gasteiger partial charge in [0.15, 0.2) is 0 Å². The lowest BCUT2D eigenvalue weighted by Crippen LogP contribution is -2.60. The van der Waals surface area contributed by atoms with E-state index in [0.29, 0.717) is 0 Å². The van der Waals surface area contributed by atoms with Crippen LogP contribution in [-0.2, 0) is 16.2 Å². The monoisotopic (exact) mass is 1240 g/mol. The molecule has 16 aromatic rings. The van der Waals surface area contributed by atoms with Crippen molar-refractivity contribution in [3.63, 3.8) is 0 Å². The molecule has 0 unspecified atom stereocenters. The molecular formula is C90H72BN3S. The molecule has 3 nitrogen and oxygen atoms in total. The number of fused-ring (bicyclic) bond motifs is 9. The Morgan fingerprint density at radius 1 is 0.316 bits per heavy atom. The molecule has 2 aliphatic heterocycles. The Kier molecular flexibility index (Phi) is 12.7. The van der Waals surface area contributed by atoms with E-state index in [9.17, 15) is 0 Å². The first kappa shape index (κ1) is 57.2. The molecule has 2 aliphatic rings. The van der Waals surface area contributed by atoms with Crippen molar-refractivity contribution in [2.75, 3.05) is 9.80 Å². The van der Waals surface area contributed by atoms with Crippen molar-refractivity contribution in [3.05, 3.63) is 290 Å². The molecule has 0 N–H and O–H groups in total. The van der Waals surface area contributed by atoms with E-state index in [0.717, 1.165) is 33.9 Å². The van der Waals surface area contributed by atoms with Gasteiger partial charge in [-0.2, -0.15) is 0 Å². The molecule has 0 fully saturated rings. The van der Waals surface area contributed by atoms with Crippen LogP contribution in [0, 0.1) is 0 Å². The van der Waals surface area contributed by atoms with Gasteiger partial charge in [0.1, 0.15) is 0 Å². The molecule has 0 bridgehead atoms. The Labute approximate surface area is 561 Å². The maximum absolute atomic E-state index is 2.67. The van der Waals surface area contributed by atoms with E-state index in [4.69, 9.17) is 0 Å². The number of hydrogen-bond acceptors (Lipinski definition) is 3. The predicted octanol–water partition coefficient (Wildman–Crippen LogP) is 23.5. The zero-order valence-corrected chi connectivity index (χ0v) is 56.1. The molecule has 4 heterocycles. The Hall–Kier alpha value is -10.5. The van der Waals surface area contributed by atoms with Gasteiger partial charge in [0, 0.05) is 59.5 Å². The first-order valence-electron chi connectivity index (χ1n) is 33.7. The second kappa shape index (κ2) is 21.0. The number of thiophene rings is 1. The summed E-state index contributed by atoms with van der Waals surface area (Å²) >= 11 is 1.96. The summed E-state index contributed by atoms with van der Waals surface area (Å²) in [7, 11) is 0. The minimum absolute atomic E-state index is 0.0118. The topological polar surface area (TPSA) is 11.4 Å². The van der Waals surface area contributed by atoms with E-state index in [-0.39, 0.29) is 23.0 Å². The molecule has 0 atom stereocenters. The molecule has 18 rings (SSSR count). The Morgan fingerprint density at radius 3 is 1.54 bits per heavy atom. The lowest BCUT2D eigenvalue weighted by molar-refractivity contribution is 0.590. The number of benzene rings is 14. The lowest BCUT2D eigenvalue weighted by Gasteiger charge is -2.44. The van der Waals surface area contributed by atoms with E-state index < -0.39 is 0 Å². The maximum atomic E-state index is 2.67. The lowest BCUT2D eigenvalue weighted by atomic mass is 9.36. The molecule has 95 heavy (non-hydrogen) atoms. The van der Waals surface area contributed by atoms with Crippen LogP contribution in [0.15, 0.2) is 273 Å². The van der Waals surface area contributed by atoms with E-state index in [2.05, 4.69) is 350 Å². The molecule has 14 aromatic carbocycles. The fourth-order valence-corrected chi connectivity index (χ4v) is 17.2. The molecule has 456 valence electrons. The molecule has 0 amide bonds. The van der Waals surface area contributed by atoms with Crippen LogP contribution in [0.3, 0.4) is 0 Å². The highest BCUT2D eigenvalue weighted by molar-refractivity contribution is 7.33. The highest BCUT2D eigenvalue weighted by atomic mass is 32.1. The van der Waals surface area contributed by atoms with Crippen molar-refractivity contribution in [1.29, 1.82) is 0 Å². The van der Waals surface area contributed by atoms with Crippen LogP contribution in [0.1, 0.15) is 79.0 Å². The molecular weight excluding hydrogens is 1170 g/mol. The fourth-order valence-electron chi connectivity index (χ4n) is 15.9. The van der Waals surface area contributed by atoms with Crippen molar-refractivity contribution in [1.82, 2.24) is 4.57 Å². The SMILES string of the molecule is CC(C)(C)c1ccc(-n2c3ccccc3c3cc4c(cc32)N(c2ccccc2-c2ccccc2)c2cc(-c3cccc(-c5cc6cc(C(C)(C)C)cc7ccc8cc(C(C)(C)C)cc5c8c76)c3)cc3c2B4c2sc4ccccc4c2N3c2ccccc2-c2ccccc2)cc1. The fraction of sp³-hybridized carbons (Fsp3) is 0.133. The van der Waals surface area contributed by atoms with Gasteiger partial charge >= 0.3 is 0 Å². The average Bonchev–Trinajstić information content (AvgIpc) is 1.67. The van der Waals surface area contributed by atoms with Gasteiger partial charge in [-0.1, -0.05) is 263 Å². The zero-order chi connectivity index (χ0) is 64.4. The number of anilines is 6. The molecule has 2 aromatic heterocycles. The van der Waals surface area contributed by atoms with Crippen molar-refractivity contribution in [2.45, 2.75) is 78.6 Å². The summed E-state index contributed by atoms with van der Waals surface area (Å²) in [5.74, 6) is 0. The zero-order valence-electron chi connectivity index (χ0n) is 55.3. The van der Waals surface area contributed by atoms with Crippen LogP contribution in [0.4, 0.5) is 34.1 Å². The van der Waals surface area contributed by atoms with Crippen LogP contribution in [0.25, 0.3) is 114 Å². The van der Waals surface area contributed by atoms with E-state index in [1.165, 1.54) is 147 Å². The number of hydrogen-bond donors (Lipinski definition) is 0. The first-order chi connectivity index (χ1) is 46.0. The van der Waals surface area contributed by atoms with Crippen LogP contribution < -0.4 is 25.5 Å². The van der Waals surface area contributed by atoms with Gasteiger partial charge in [0.2, 0.25) is 0 Å². The third-order valence-electron chi connectivity index (χ3n) is 20.7. The van der Waals surface area contributed by atoms with Crippen LogP contribution in [0.5, 0.6) is 0 Å². The number of para-hydroxylation sites is 3. The highest BCUT2D eigenvalue weighted by Gasteiger charge is 2.47. The van der Waals surface area contributed by atoms with Gasteiger partial charge in [0.25, 0.3) is 6.71 Å². The second-order valence-corrected chi connectivity index (χ2v) is 30.8. The van der Waals surface area contributed by atoms with Crippen LogP contribution in [-0.4, -0.2) is 11.3 Å². The quantitative estimate of drug-likeness (QED) is 0.116. The van der Waals surface area contributed by atoms with E-state index in [1.807, 2.05) is 11.3 Å². The molecule has 0 spiro atoms. The summed E-state index contributed by atoms with van der Waals surface area (Å²) in [5.41, 5.74) is 26.5. The molecule has 0 radical (unpaired) electrons. The Balaban J connectivity index is 0.969. The largest absolute Gasteiger partial charge is 0.311 e. The van der Waals surface area contributed by atoms with Crippen LogP contribution >= 0.6 is 11.3 Å². The van der Waals surface area contributed by atoms with Gasteiger partial charge in [-0.25, -0.2) is 0 Å². The van der Waals surface area contributed by atoms with Gasteiger partial charge in [0.05, 0.1) is 28.1 Å². The summed E-state index contributed by atoms with van der Waals surface area (Å²) in [4.78, 5) is 5.33. The number of nitrogens with zero attached hydrogens (tertiary/aromatic N) is 3. The molecule has 0 saturated carbocycles. The maximum Gasteiger partial charge on any atom is 0.264 e. The first-order valence-corrected chi connectivity index (χ1v) is 34.5. The summed E-state index contributed by atoms with van der Waals surface area (Å²) in [6.45, 7) is 20.8. The summed E-state index contributed by atoms with van der Waals surface area (Å²) in [6, 6.07) is 105. The number of rotatable bonds is 7. The molecule has 5 heteroatoms. The Morgan fingerprint density at radius 2 is 0.863 bits per heavy atom. The second-order valence-electron chi connectivity index (χ2n) is 29.7. The highest BCUT2D eigenvalue weighted by Crippen LogP contribution is 2.54. The van der Waals surface area contributed by atoms with Crippen molar-refractivity contribution in [2.24, 2.45) is 0 Å². The standard InChI is InChI=1S/C90H72BN3S/c1-88(2,3)63-41-43-66(44-42-63)92-77-37-22-18-33-69(77)72-53-74-79(54-78(72)92)93(75-35-20-16-31-67(75)55-25-12-10-13-26-55)80-50-61(51-81-85(80)91(74)87-86(70-34-19-23-38-82(70)95-87)94(81)76-36-21-17-32-68(76)56-27-14-11-15-28-56)57-29-24-30-58(45-57)71-49-62-48-64(89(4,5)6)46-59-39-40-60-47-65(90(7,8)9)52-73(71)84(60)83(59)62/h10-54H,1-9H3. The average molecular weight is 1240 g/mol. The smallest absolute Gasteiger partial charge is 0.264 e. The van der Waals surface area contributed by atoms with Crippen molar-refractivity contribution >= 4 is 132 Å². The Bertz CT molecular complexity index is 5790. The van der Waals surface area contributed by atoms with Crippen LogP contribution in [0.2, 0.25) is 0 Å². The predicted molar refractivity (Wildman–Crippen MR) is 412 cm³/mol. The van der Waals surface area contributed by atoms with Crippen molar-refractivity contribution in [3.8, 4) is 50.2 Å². The third kappa shape index (κ3) is 8.99. The summed E-state index contributed by atoms with van der Waals surface area (Å²) < 4.78 is 5.13. The van der Waals surface area contributed by atoms with E-state index >= 15 is 0 Å². The summed E-state index contributed by atoms with van der Waals surface area (Å²) in [5, 5.41) is 11.6. The van der Waals surface area contributed by atoms with Gasteiger partial charge in [-0.15, -0.1) is 11.3 Å². The number of aromatic nitrogens is 1. The minimum Gasteiger partial charge on any atom is -0.311 e. The van der Waals surface area contributed by atoms with Gasteiger partial charge in [-0.05, 0) is 182 Å². The minimum atomic E-state index is -0.133. The molecule has 0 saturated heterocycles. The van der Waals surface area contributed by atoms with Gasteiger partial charge < -0.3 is 14.4 Å². The van der Waals surface area contributed by atoms with Gasteiger partial charge in [-0.3, -0.25) is 0 Å². The van der Waals surface area contributed by atoms with E-state index in [1.54, 1.807) is 0 Å². The third-order valence-corrected chi connectivity index (χ3v) is 21.9. The summed E-state index contributed by atoms with van der Waals surface area (Å²) in [6.07, 6.45) is 0. The van der Waals surface area contributed by atoms with Crippen molar-refractivity contribution < 1.29 is 0 Å². The normalized spacial score (nSPS) is 13.3.